The minimum absolute atomic E-state index is 0.00141. The number of likely N-dealkylation sites (tertiary alicyclic amines) is 1. The fourth-order valence-corrected chi connectivity index (χ4v) is 6.15. The standard InChI is InChI=1S/C27H34N2O3/c1-28(26(32)20-6-3-2-4-7-20)22-15-25(31)24-18-29(17-19-10-11-19)13-12-27(24,16-22)21-8-5-9-23(30)14-21/h2-9,14,19,22,24-25,30-31H,10-13,15-18H2,1H3/t22-,24+,25?,27+/m1/s1. The fourth-order valence-electron chi connectivity index (χ4n) is 6.15. The molecule has 5 rings (SSSR count). The Morgan fingerprint density at radius 3 is 2.66 bits per heavy atom. The van der Waals surface area contributed by atoms with Crippen LogP contribution >= 0.6 is 0 Å². The third kappa shape index (κ3) is 4.04. The molecule has 5 nitrogen and oxygen atoms in total. The highest BCUT2D eigenvalue weighted by Crippen LogP contribution is 2.51. The Hall–Kier alpha value is -2.37. The first kappa shape index (κ1) is 21.5. The normalized spacial score (nSPS) is 30.5. The van der Waals surface area contributed by atoms with Crippen molar-refractivity contribution in [1.82, 2.24) is 9.80 Å². The number of carbonyl (C=O) groups is 1. The van der Waals surface area contributed by atoms with Crippen molar-refractivity contribution in [3.8, 4) is 5.75 Å². The molecule has 1 aliphatic heterocycles. The SMILES string of the molecule is CN(C(=O)c1ccccc1)[C@@H]1CC(O)[C@@H]2CN(CC3CC3)CC[C@@]2(c2cccc(O)c2)C1. The lowest BCUT2D eigenvalue weighted by atomic mass is 9.56. The van der Waals surface area contributed by atoms with E-state index in [9.17, 15) is 15.0 Å². The van der Waals surface area contributed by atoms with E-state index < -0.39 is 6.10 Å². The van der Waals surface area contributed by atoms with E-state index in [1.54, 1.807) is 6.07 Å². The number of carbonyl (C=O) groups excluding carboxylic acids is 1. The summed E-state index contributed by atoms with van der Waals surface area (Å²) in [5, 5.41) is 21.7. The Balaban J connectivity index is 1.45. The fraction of sp³-hybridized carbons (Fsp3) is 0.519. The molecular weight excluding hydrogens is 400 g/mol. The molecule has 0 spiro atoms. The molecule has 2 N–H and O–H groups in total. The molecule has 1 amide bonds. The van der Waals surface area contributed by atoms with Crippen LogP contribution in [0.25, 0.3) is 0 Å². The number of aliphatic hydroxyl groups excluding tert-OH is 1. The number of hydrogen-bond acceptors (Lipinski definition) is 4. The zero-order chi connectivity index (χ0) is 22.3. The summed E-state index contributed by atoms with van der Waals surface area (Å²) in [7, 11) is 1.87. The van der Waals surface area contributed by atoms with E-state index >= 15 is 0 Å². The molecule has 0 radical (unpaired) electrons. The van der Waals surface area contributed by atoms with Gasteiger partial charge in [-0.3, -0.25) is 4.79 Å². The van der Waals surface area contributed by atoms with Gasteiger partial charge < -0.3 is 20.0 Å². The number of benzene rings is 2. The summed E-state index contributed by atoms with van der Waals surface area (Å²) in [6.07, 6.45) is 4.52. The molecule has 0 bridgehead atoms. The van der Waals surface area contributed by atoms with Gasteiger partial charge in [-0.05, 0) is 74.4 Å². The van der Waals surface area contributed by atoms with E-state index in [1.165, 1.54) is 12.8 Å². The molecule has 1 saturated heterocycles. The lowest BCUT2D eigenvalue weighted by Gasteiger charge is -2.56. The lowest BCUT2D eigenvalue weighted by molar-refractivity contribution is -0.0618. The number of amides is 1. The summed E-state index contributed by atoms with van der Waals surface area (Å²) in [5.41, 5.74) is 1.53. The van der Waals surface area contributed by atoms with Crippen LogP contribution in [0.15, 0.2) is 54.6 Å². The molecule has 1 unspecified atom stereocenters. The molecule has 1 heterocycles. The molecule has 2 aliphatic carbocycles. The van der Waals surface area contributed by atoms with Crippen molar-refractivity contribution in [2.75, 3.05) is 26.7 Å². The van der Waals surface area contributed by atoms with Crippen molar-refractivity contribution in [2.24, 2.45) is 11.8 Å². The Morgan fingerprint density at radius 2 is 1.94 bits per heavy atom. The van der Waals surface area contributed by atoms with E-state index in [1.807, 2.05) is 54.4 Å². The quantitative estimate of drug-likeness (QED) is 0.754. The zero-order valence-electron chi connectivity index (χ0n) is 18.9. The topological polar surface area (TPSA) is 64.0 Å². The Kier molecular flexibility index (Phi) is 5.72. The van der Waals surface area contributed by atoms with Crippen LogP contribution in [0, 0.1) is 11.8 Å². The van der Waals surface area contributed by atoms with Gasteiger partial charge in [0.25, 0.3) is 5.91 Å². The van der Waals surface area contributed by atoms with E-state index in [4.69, 9.17) is 0 Å². The molecule has 3 fully saturated rings. The second-order valence-corrected chi connectivity index (χ2v) is 10.2. The first-order valence-corrected chi connectivity index (χ1v) is 12.0. The van der Waals surface area contributed by atoms with Gasteiger partial charge in [0.1, 0.15) is 5.75 Å². The molecular formula is C27H34N2O3. The largest absolute Gasteiger partial charge is 0.508 e. The molecule has 32 heavy (non-hydrogen) atoms. The number of rotatable bonds is 5. The van der Waals surface area contributed by atoms with Crippen LogP contribution < -0.4 is 0 Å². The lowest BCUT2D eigenvalue weighted by Crippen LogP contribution is -2.61. The third-order valence-electron chi connectivity index (χ3n) is 8.14. The maximum Gasteiger partial charge on any atom is 0.253 e. The highest BCUT2D eigenvalue weighted by atomic mass is 16.3. The Morgan fingerprint density at radius 1 is 1.16 bits per heavy atom. The molecule has 2 aromatic carbocycles. The third-order valence-corrected chi connectivity index (χ3v) is 8.14. The maximum atomic E-state index is 13.2. The molecule has 2 saturated carbocycles. The number of fused-ring (bicyclic) bond motifs is 1. The van der Waals surface area contributed by atoms with Crippen LogP contribution in [-0.4, -0.2) is 64.7 Å². The molecule has 3 aliphatic rings. The first-order chi connectivity index (χ1) is 15.5. The molecule has 2 aromatic rings. The average molecular weight is 435 g/mol. The summed E-state index contributed by atoms with van der Waals surface area (Å²) >= 11 is 0. The highest BCUT2D eigenvalue weighted by molar-refractivity contribution is 5.94. The predicted octanol–water partition coefficient (Wildman–Crippen LogP) is 3.66. The van der Waals surface area contributed by atoms with Gasteiger partial charge in [0.15, 0.2) is 0 Å². The monoisotopic (exact) mass is 434 g/mol. The first-order valence-electron chi connectivity index (χ1n) is 12.0. The molecule has 4 atom stereocenters. The van der Waals surface area contributed by atoms with Crippen molar-refractivity contribution in [3.05, 3.63) is 65.7 Å². The number of nitrogens with zero attached hydrogens (tertiary/aromatic N) is 2. The number of aliphatic hydroxyl groups is 1. The Bertz CT molecular complexity index is 960. The van der Waals surface area contributed by atoms with E-state index in [0.29, 0.717) is 12.0 Å². The second-order valence-electron chi connectivity index (χ2n) is 10.2. The van der Waals surface area contributed by atoms with Gasteiger partial charge in [-0.1, -0.05) is 30.3 Å². The van der Waals surface area contributed by atoms with Crippen molar-refractivity contribution in [3.63, 3.8) is 0 Å². The van der Waals surface area contributed by atoms with Crippen molar-refractivity contribution in [2.45, 2.75) is 49.7 Å². The molecule has 0 aromatic heterocycles. The average Bonchev–Trinajstić information content (AvgIpc) is 3.63. The minimum atomic E-state index is -0.482. The van der Waals surface area contributed by atoms with Gasteiger partial charge in [-0.25, -0.2) is 0 Å². The second kappa shape index (κ2) is 8.53. The summed E-state index contributed by atoms with van der Waals surface area (Å²) in [6, 6.07) is 16.9. The van der Waals surface area contributed by atoms with Gasteiger partial charge in [-0.15, -0.1) is 0 Å². The van der Waals surface area contributed by atoms with Crippen LogP contribution in [0.3, 0.4) is 0 Å². The van der Waals surface area contributed by atoms with Crippen molar-refractivity contribution in [1.29, 1.82) is 0 Å². The van der Waals surface area contributed by atoms with Crippen LogP contribution in [0.2, 0.25) is 0 Å². The minimum Gasteiger partial charge on any atom is -0.508 e. The highest BCUT2D eigenvalue weighted by Gasteiger charge is 2.53. The predicted molar refractivity (Wildman–Crippen MR) is 125 cm³/mol. The number of piperidine rings is 1. The van der Waals surface area contributed by atoms with Gasteiger partial charge in [0, 0.05) is 43.1 Å². The number of phenols is 1. The van der Waals surface area contributed by atoms with Crippen molar-refractivity contribution < 1.29 is 15.0 Å². The van der Waals surface area contributed by atoms with Crippen LogP contribution in [0.4, 0.5) is 0 Å². The zero-order valence-corrected chi connectivity index (χ0v) is 18.9. The van der Waals surface area contributed by atoms with Gasteiger partial charge in [-0.2, -0.15) is 0 Å². The number of phenolic OH excluding ortho intramolecular Hbond substituents is 1. The van der Waals surface area contributed by atoms with Gasteiger partial charge in [0.2, 0.25) is 0 Å². The molecule has 170 valence electrons. The smallest absolute Gasteiger partial charge is 0.253 e. The summed E-state index contributed by atoms with van der Waals surface area (Å²) < 4.78 is 0. The molecule has 5 heteroatoms. The summed E-state index contributed by atoms with van der Waals surface area (Å²) in [5.74, 6) is 1.19. The number of hydrogen-bond donors (Lipinski definition) is 2. The maximum absolute atomic E-state index is 13.2. The van der Waals surface area contributed by atoms with E-state index in [2.05, 4.69) is 11.0 Å². The van der Waals surface area contributed by atoms with Crippen LogP contribution in [0.5, 0.6) is 5.75 Å². The number of aromatic hydroxyl groups is 1. The summed E-state index contributed by atoms with van der Waals surface area (Å²) in [4.78, 5) is 17.5. The Labute approximate surface area is 190 Å². The van der Waals surface area contributed by atoms with Crippen molar-refractivity contribution >= 4 is 5.91 Å². The summed E-state index contributed by atoms with van der Waals surface area (Å²) in [6.45, 7) is 3.02. The van der Waals surface area contributed by atoms with Gasteiger partial charge in [0.05, 0.1) is 6.10 Å². The van der Waals surface area contributed by atoms with Crippen LogP contribution in [0.1, 0.15) is 48.0 Å². The van der Waals surface area contributed by atoms with E-state index in [-0.39, 0.29) is 29.0 Å². The van der Waals surface area contributed by atoms with Crippen LogP contribution in [-0.2, 0) is 5.41 Å². The van der Waals surface area contributed by atoms with Gasteiger partial charge >= 0.3 is 0 Å². The van der Waals surface area contributed by atoms with E-state index in [0.717, 1.165) is 44.0 Å².